The van der Waals surface area contributed by atoms with Crippen LogP contribution < -0.4 is 0 Å². The molecule has 0 spiro atoms. The molecule has 0 saturated heterocycles. The monoisotopic (exact) mass is 203 g/mol. The summed E-state index contributed by atoms with van der Waals surface area (Å²) in [6.07, 6.45) is 4.87. The van der Waals surface area contributed by atoms with Gasteiger partial charge in [-0.05, 0) is 0 Å². The second kappa shape index (κ2) is 8.11. The molecule has 0 saturated carbocycles. The van der Waals surface area contributed by atoms with E-state index in [1.54, 1.807) is 0 Å². The van der Waals surface area contributed by atoms with Gasteiger partial charge in [-0.2, -0.15) is 0 Å². The first-order chi connectivity index (χ1) is 5.35. The van der Waals surface area contributed by atoms with Gasteiger partial charge in [0.1, 0.15) is 0 Å². The zero-order valence-corrected chi connectivity index (χ0v) is 8.43. The van der Waals surface area contributed by atoms with Gasteiger partial charge in [0, 0.05) is 0 Å². The number of nitriles is 1. The van der Waals surface area contributed by atoms with Crippen molar-refractivity contribution >= 4 is 0 Å². The fraction of sp³-hybridized carbons (Fsp3) is 0.889. The van der Waals surface area contributed by atoms with Crippen molar-refractivity contribution in [1.29, 1.82) is 5.26 Å². The normalized spacial score (nSPS) is 10.8. The van der Waals surface area contributed by atoms with E-state index < -0.39 is 0 Å². The molecule has 0 aliphatic heterocycles. The minimum absolute atomic E-state index is 0.138. The molecule has 0 aliphatic rings. The molecule has 0 aromatic rings. The van der Waals surface area contributed by atoms with Gasteiger partial charge in [0.05, 0.1) is 0 Å². The Bertz CT molecular complexity index is 109. The second-order valence-electron chi connectivity index (χ2n) is 2.44. The van der Waals surface area contributed by atoms with Crippen LogP contribution in [-0.4, -0.2) is 0 Å². The van der Waals surface area contributed by atoms with Gasteiger partial charge >= 0.3 is 74.3 Å². The fourth-order valence-corrected chi connectivity index (χ4v) is 2.53. The molecule has 0 amide bonds. The minimum atomic E-state index is 0.138. The van der Waals surface area contributed by atoms with Gasteiger partial charge in [-0.1, -0.05) is 0 Å². The molecule has 0 radical (unpaired) electrons. The first-order valence-corrected chi connectivity index (χ1v) is 6.02. The Kier molecular flexibility index (Phi) is 8.12. The van der Waals surface area contributed by atoms with Crippen LogP contribution in [0.3, 0.4) is 0 Å². The molecule has 2 heteroatoms. The van der Waals surface area contributed by atoms with E-state index in [0.717, 1.165) is 10.6 Å². The molecule has 0 heterocycles. The topological polar surface area (TPSA) is 23.8 Å². The molecule has 0 aliphatic carbocycles. The van der Waals surface area contributed by atoms with Crippen LogP contribution in [0, 0.1) is 10.2 Å². The summed E-state index contributed by atoms with van der Waals surface area (Å²) >= 11 is 0.138. The Balaban J connectivity index is 3.35. The molecule has 0 aromatic carbocycles. The van der Waals surface area contributed by atoms with Crippen LogP contribution >= 0.6 is 0 Å². The maximum atomic E-state index is 8.74. The zero-order valence-electron chi connectivity index (χ0n) is 7.49. The van der Waals surface area contributed by atoms with Crippen LogP contribution in [0.5, 0.6) is 0 Å². The SMILES string of the molecule is CCC[CH2][Cu]([C]#N)[CH2]CCC. The molecule has 0 N–H and O–H groups in total. The Hall–Kier alpha value is 0.00948. The molecular weight excluding hydrogens is 186 g/mol. The molecule has 70 valence electrons. The Morgan fingerprint density at radius 3 is 1.82 bits per heavy atom. The predicted octanol–water partition coefficient (Wildman–Crippen LogP) is 3.52. The second-order valence-corrected chi connectivity index (χ2v) is 4.73. The third kappa shape index (κ3) is 6.41. The van der Waals surface area contributed by atoms with Gasteiger partial charge in [0.2, 0.25) is 0 Å². The Morgan fingerprint density at radius 1 is 1.09 bits per heavy atom. The molecule has 0 rings (SSSR count). The quantitative estimate of drug-likeness (QED) is 0.606. The van der Waals surface area contributed by atoms with Gasteiger partial charge < -0.3 is 0 Å². The van der Waals surface area contributed by atoms with Gasteiger partial charge in [0.15, 0.2) is 0 Å². The van der Waals surface area contributed by atoms with Crippen molar-refractivity contribution in [3.05, 3.63) is 0 Å². The summed E-state index contributed by atoms with van der Waals surface area (Å²) in [6, 6.07) is 0. The summed E-state index contributed by atoms with van der Waals surface area (Å²) in [7, 11) is 0. The van der Waals surface area contributed by atoms with E-state index in [4.69, 9.17) is 5.26 Å². The Morgan fingerprint density at radius 2 is 1.55 bits per heavy atom. The van der Waals surface area contributed by atoms with E-state index in [9.17, 15) is 0 Å². The van der Waals surface area contributed by atoms with Crippen molar-refractivity contribution < 1.29 is 13.9 Å². The van der Waals surface area contributed by atoms with Gasteiger partial charge in [-0.15, -0.1) is 0 Å². The first kappa shape index (κ1) is 11.0. The summed E-state index contributed by atoms with van der Waals surface area (Å²) in [5.74, 6) is 0. The summed E-state index contributed by atoms with van der Waals surface area (Å²) in [6.45, 7) is 4.36. The van der Waals surface area contributed by atoms with E-state index >= 15 is 0 Å². The fourth-order valence-electron chi connectivity index (χ4n) is 0.613. The van der Waals surface area contributed by atoms with Gasteiger partial charge in [-0.3, -0.25) is 0 Å². The van der Waals surface area contributed by atoms with Crippen molar-refractivity contribution in [3.8, 4) is 4.97 Å². The maximum absolute atomic E-state index is 8.74. The predicted molar refractivity (Wildman–Crippen MR) is 45.0 cm³/mol. The molecule has 0 atom stereocenters. The van der Waals surface area contributed by atoms with Gasteiger partial charge in [-0.25, -0.2) is 0 Å². The van der Waals surface area contributed by atoms with Crippen LogP contribution in [0.25, 0.3) is 0 Å². The average molecular weight is 204 g/mol. The van der Waals surface area contributed by atoms with Crippen molar-refractivity contribution in [2.24, 2.45) is 0 Å². The van der Waals surface area contributed by atoms with E-state index in [-0.39, 0.29) is 13.9 Å². The average Bonchev–Trinajstić information content (AvgIpc) is 2.05. The third-order valence-electron chi connectivity index (χ3n) is 1.38. The standard InChI is InChI=1S/2C4H9.CN.Cu/c2*1-3-4-2;1-2;/h2*1,3-4H2,2H3;;. The van der Waals surface area contributed by atoms with Crippen LogP contribution in [-0.2, 0) is 13.9 Å². The molecule has 0 unspecified atom stereocenters. The van der Waals surface area contributed by atoms with E-state index in [1.807, 2.05) is 0 Å². The summed E-state index contributed by atoms with van der Waals surface area (Å²) in [4.78, 5) is 2.39. The third-order valence-corrected chi connectivity index (χ3v) is 3.48. The van der Waals surface area contributed by atoms with Crippen LogP contribution in [0.4, 0.5) is 0 Å². The van der Waals surface area contributed by atoms with Crippen molar-refractivity contribution in [1.82, 2.24) is 0 Å². The van der Waals surface area contributed by atoms with E-state index in [2.05, 4.69) is 18.8 Å². The molecule has 0 bridgehead atoms. The number of unbranched alkanes of at least 4 members (excludes halogenated alkanes) is 2. The molecule has 11 heavy (non-hydrogen) atoms. The van der Waals surface area contributed by atoms with E-state index in [1.165, 1.54) is 25.7 Å². The van der Waals surface area contributed by atoms with Crippen LogP contribution in [0.2, 0.25) is 10.6 Å². The number of hydrogen-bond donors (Lipinski definition) is 0. The summed E-state index contributed by atoms with van der Waals surface area (Å²) in [5.41, 5.74) is 0. The number of rotatable bonds is 6. The van der Waals surface area contributed by atoms with E-state index in [0.29, 0.717) is 0 Å². The molecule has 1 nitrogen and oxygen atoms in total. The van der Waals surface area contributed by atoms with Crippen LogP contribution in [0.15, 0.2) is 0 Å². The summed E-state index contributed by atoms with van der Waals surface area (Å²) < 4.78 is 0. The molecule has 0 fully saturated rings. The van der Waals surface area contributed by atoms with Gasteiger partial charge in [0.25, 0.3) is 0 Å². The molecular formula is C9H18CuN. The van der Waals surface area contributed by atoms with Crippen LogP contribution in [0.1, 0.15) is 39.5 Å². The zero-order chi connectivity index (χ0) is 8.53. The first-order valence-electron chi connectivity index (χ1n) is 4.21. The number of nitrogens with zero attached hydrogens (tertiary/aromatic N) is 1. The summed E-state index contributed by atoms with van der Waals surface area (Å²) in [5, 5.41) is 11.0. The molecule has 0 aromatic heterocycles. The number of hydrogen-bond acceptors (Lipinski definition) is 1. The van der Waals surface area contributed by atoms with Crippen molar-refractivity contribution in [2.75, 3.05) is 0 Å². The van der Waals surface area contributed by atoms with Crippen molar-refractivity contribution in [2.45, 2.75) is 50.2 Å². The Labute approximate surface area is 74.7 Å². The van der Waals surface area contributed by atoms with Crippen molar-refractivity contribution in [3.63, 3.8) is 0 Å².